The van der Waals surface area contributed by atoms with E-state index in [-0.39, 0.29) is 17.4 Å². The van der Waals surface area contributed by atoms with Gasteiger partial charge in [0, 0.05) is 43.3 Å². The first-order valence-corrected chi connectivity index (χ1v) is 14.0. The van der Waals surface area contributed by atoms with E-state index >= 15 is 0 Å². The quantitative estimate of drug-likeness (QED) is 0.620. The molecule has 0 radical (unpaired) electrons. The molecule has 1 aromatic carbocycles. The Balaban J connectivity index is 1.18. The number of rotatable bonds is 3. The van der Waals surface area contributed by atoms with Crippen molar-refractivity contribution in [2.45, 2.75) is 69.5 Å². The lowest BCUT2D eigenvalue weighted by Gasteiger charge is -2.50. The van der Waals surface area contributed by atoms with Crippen LogP contribution in [0.15, 0.2) is 48.7 Å². The number of carbonyl (C=O) groups excluding carboxylic acids is 2. The summed E-state index contributed by atoms with van der Waals surface area (Å²) < 4.78 is 5.38. The minimum atomic E-state index is -0.132. The van der Waals surface area contributed by atoms with Crippen LogP contribution in [0.3, 0.4) is 0 Å². The maximum absolute atomic E-state index is 13.4. The van der Waals surface area contributed by atoms with Crippen LogP contribution in [0.4, 0.5) is 4.79 Å². The first-order chi connectivity index (χ1) is 18.1. The minimum Gasteiger partial charge on any atom is -0.450 e. The van der Waals surface area contributed by atoms with Gasteiger partial charge in [0.15, 0.2) is 0 Å². The van der Waals surface area contributed by atoms with Crippen molar-refractivity contribution in [2.24, 2.45) is 5.92 Å². The van der Waals surface area contributed by atoms with Gasteiger partial charge in [-0.1, -0.05) is 30.3 Å². The Kier molecular flexibility index (Phi) is 6.65. The zero-order valence-electron chi connectivity index (χ0n) is 21.8. The smallest absolute Gasteiger partial charge is 0.410 e. The molecule has 2 bridgehead atoms. The molecule has 196 valence electrons. The lowest BCUT2D eigenvalue weighted by Crippen LogP contribution is -2.55. The number of likely N-dealkylation sites (tertiary alicyclic amines) is 1. The Bertz CT molecular complexity index is 1130. The highest BCUT2D eigenvalue weighted by molar-refractivity contribution is 5.92. The maximum atomic E-state index is 13.4. The van der Waals surface area contributed by atoms with Crippen LogP contribution in [-0.4, -0.2) is 76.6 Å². The maximum Gasteiger partial charge on any atom is 0.410 e. The van der Waals surface area contributed by atoms with Gasteiger partial charge in [-0.05, 0) is 87.7 Å². The number of piperidine rings is 2. The van der Waals surface area contributed by atoms with Gasteiger partial charge in [-0.15, -0.1) is 0 Å². The predicted octanol–water partition coefficient (Wildman–Crippen LogP) is 4.47. The molecule has 4 fully saturated rings. The molecule has 3 unspecified atom stereocenters. The normalized spacial score (nSPS) is 27.0. The fourth-order valence-corrected chi connectivity index (χ4v) is 7.49. The summed E-state index contributed by atoms with van der Waals surface area (Å²) in [6, 6.07) is 15.1. The minimum absolute atomic E-state index is 0.0174. The predicted molar refractivity (Wildman–Crippen MR) is 141 cm³/mol. The molecule has 0 N–H and O–H groups in total. The summed E-state index contributed by atoms with van der Waals surface area (Å²) in [7, 11) is 0. The summed E-state index contributed by atoms with van der Waals surface area (Å²) in [5.74, 6) is 0.585. The highest BCUT2D eigenvalue weighted by Gasteiger charge is 2.46. The van der Waals surface area contributed by atoms with Crippen molar-refractivity contribution in [3.8, 4) is 0 Å². The van der Waals surface area contributed by atoms with E-state index < -0.39 is 0 Å². The molecule has 2 aromatic rings. The Morgan fingerprint density at radius 2 is 1.84 bits per heavy atom. The van der Waals surface area contributed by atoms with Crippen LogP contribution < -0.4 is 0 Å². The molecule has 1 spiro atoms. The monoisotopic (exact) mass is 502 g/mol. The number of carbonyl (C=O) groups is 2. The van der Waals surface area contributed by atoms with Crippen LogP contribution in [0, 0.1) is 5.92 Å². The lowest BCUT2D eigenvalue weighted by atomic mass is 9.68. The second-order valence-electron chi connectivity index (χ2n) is 11.4. The highest BCUT2D eigenvalue weighted by Crippen LogP contribution is 2.44. The molecule has 5 aliphatic rings. The van der Waals surface area contributed by atoms with Crippen LogP contribution >= 0.6 is 0 Å². The van der Waals surface area contributed by atoms with E-state index in [0.717, 1.165) is 51.9 Å². The van der Waals surface area contributed by atoms with Crippen molar-refractivity contribution in [2.75, 3.05) is 32.8 Å². The number of fused-ring (bicyclic) bond motifs is 6. The standard InChI is InChI=1S/C30H38N4O3/c1-2-37-29(36)34-19-22-10-11-24(34)18-25(17-22)32-15-12-30(13-16-32)21-33(20-23-7-3-4-8-26(23)30)28(35)27-9-5-6-14-31-27/h3-9,14,22,24-25H,2,10-13,15-21H2,1H3. The van der Waals surface area contributed by atoms with Gasteiger partial charge in [0.2, 0.25) is 0 Å². The van der Waals surface area contributed by atoms with Gasteiger partial charge >= 0.3 is 6.09 Å². The topological polar surface area (TPSA) is 66.0 Å². The third kappa shape index (κ3) is 4.63. The second-order valence-corrected chi connectivity index (χ2v) is 11.4. The zero-order chi connectivity index (χ0) is 25.4. The van der Waals surface area contributed by atoms with E-state index in [1.54, 1.807) is 6.20 Å². The van der Waals surface area contributed by atoms with Gasteiger partial charge in [0.25, 0.3) is 5.91 Å². The summed E-state index contributed by atoms with van der Waals surface area (Å²) >= 11 is 0. The summed E-state index contributed by atoms with van der Waals surface area (Å²) in [4.78, 5) is 37.1. The van der Waals surface area contributed by atoms with E-state index in [2.05, 4.69) is 34.1 Å². The van der Waals surface area contributed by atoms with Crippen molar-refractivity contribution in [1.29, 1.82) is 0 Å². The van der Waals surface area contributed by atoms with E-state index in [0.29, 0.717) is 36.8 Å². The van der Waals surface area contributed by atoms with Crippen LogP contribution in [-0.2, 0) is 16.7 Å². The second kappa shape index (κ2) is 10.1. The number of aromatic nitrogens is 1. The largest absolute Gasteiger partial charge is 0.450 e. The van der Waals surface area contributed by atoms with Crippen molar-refractivity contribution >= 4 is 12.0 Å². The number of amides is 2. The van der Waals surface area contributed by atoms with Crippen LogP contribution in [0.25, 0.3) is 0 Å². The number of pyridine rings is 1. The Hall–Kier alpha value is -2.93. The molecule has 3 saturated heterocycles. The van der Waals surface area contributed by atoms with Crippen molar-refractivity contribution < 1.29 is 14.3 Å². The fraction of sp³-hybridized carbons (Fsp3) is 0.567. The number of hydrogen-bond acceptors (Lipinski definition) is 5. The number of benzene rings is 1. The Morgan fingerprint density at radius 1 is 1.03 bits per heavy atom. The summed E-state index contributed by atoms with van der Waals surface area (Å²) in [5.41, 5.74) is 3.20. The molecule has 4 aliphatic heterocycles. The van der Waals surface area contributed by atoms with E-state index in [4.69, 9.17) is 4.74 Å². The molecule has 2 amide bonds. The van der Waals surface area contributed by atoms with Gasteiger partial charge in [0.05, 0.1) is 6.61 Å². The van der Waals surface area contributed by atoms with Crippen molar-refractivity contribution in [3.05, 3.63) is 65.5 Å². The molecular formula is C30H38N4O3. The van der Waals surface area contributed by atoms with E-state index in [1.807, 2.05) is 34.9 Å². The molecule has 7 nitrogen and oxygen atoms in total. The van der Waals surface area contributed by atoms with Gasteiger partial charge in [-0.3, -0.25) is 9.78 Å². The van der Waals surface area contributed by atoms with Gasteiger partial charge in [-0.25, -0.2) is 4.79 Å². The number of ether oxygens (including phenoxy) is 1. The summed E-state index contributed by atoms with van der Waals surface area (Å²) in [6.45, 7) is 6.62. The molecule has 7 heteroatoms. The zero-order valence-corrected chi connectivity index (χ0v) is 21.8. The molecule has 37 heavy (non-hydrogen) atoms. The lowest BCUT2D eigenvalue weighted by molar-refractivity contribution is 0.0482. The van der Waals surface area contributed by atoms with Crippen LogP contribution in [0.2, 0.25) is 0 Å². The van der Waals surface area contributed by atoms with Gasteiger partial charge < -0.3 is 19.4 Å². The first kappa shape index (κ1) is 24.4. The first-order valence-electron chi connectivity index (χ1n) is 14.0. The van der Waals surface area contributed by atoms with Crippen molar-refractivity contribution in [3.63, 3.8) is 0 Å². The van der Waals surface area contributed by atoms with Crippen molar-refractivity contribution in [1.82, 2.24) is 19.7 Å². The third-order valence-electron chi connectivity index (χ3n) is 9.34. The Morgan fingerprint density at radius 3 is 2.62 bits per heavy atom. The van der Waals surface area contributed by atoms with E-state index in [1.165, 1.54) is 24.0 Å². The molecular weight excluding hydrogens is 464 g/mol. The average molecular weight is 503 g/mol. The van der Waals surface area contributed by atoms with Gasteiger partial charge in [-0.2, -0.15) is 0 Å². The highest BCUT2D eigenvalue weighted by atomic mass is 16.6. The molecule has 1 saturated carbocycles. The van der Waals surface area contributed by atoms with E-state index in [9.17, 15) is 9.59 Å². The number of hydrogen-bond donors (Lipinski definition) is 0. The molecule has 1 aromatic heterocycles. The number of nitrogens with zero attached hydrogens (tertiary/aromatic N) is 4. The average Bonchev–Trinajstić information content (AvgIpc) is 3.26. The molecule has 5 heterocycles. The van der Waals surface area contributed by atoms with Crippen LogP contribution in [0.1, 0.15) is 67.1 Å². The SMILES string of the molecule is CCOC(=O)N1CC2CCC1CC(N1CCC3(CC1)CN(C(=O)c1ccccn1)Cc1ccccc13)C2. The molecule has 7 rings (SSSR count). The summed E-state index contributed by atoms with van der Waals surface area (Å²) in [6.07, 6.45) is 8.17. The fourth-order valence-electron chi connectivity index (χ4n) is 7.49. The Labute approximate surface area is 219 Å². The molecule has 3 atom stereocenters. The molecule has 1 aliphatic carbocycles. The summed E-state index contributed by atoms with van der Waals surface area (Å²) in [5, 5.41) is 0. The van der Waals surface area contributed by atoms with Gasteiger partial charge in [0.1, 0.15) is 5.69 Å². The third-order valence-corrected chi connectivity index (χ3v) is 9.34. The van der Waals surface area contributed by atoms with Crippen LogP contribution in [0.5, 0.6) is 0 Å².